The Morgan fingerprint density at radius 1 is 1.00 bits per heavy atom. The van der Waals surface area contributed by atoms with Crippen LogP contribution >= 0.6 is 0 Å². The molecule has 5 N–H and O–H groups in total. The molecule has 0 aliphatic carbocycles. The van der Waals surface area contributed by atoms with Crippen LogP contribution in [0.4, 0.5) is 0 Å². The first-order valence-corrected chi connectivity index (χ1v) is 4.34. The Morgan fingerprint density at radius 2 is 1.46 bits per heavy atom. The van der Waals surface area contributed by atoms with E-state index in [0.717, 1.165) is 12.8 Å². The minimum Gasteiger partial charge on any atom is -0.394 e. The lowest BCUT2D eigenvalue weighted by Gasteiger charge is -1.97. The van der Waals surface area contributed by atoms with Crippen LogP contribution in [0.1, 0.15) is 26.2 Å². The van der Waals surface area contributed by atoms with Crippen molar-refractivity contribution < 1.29 is 25.5 Å². The van der Waals surface area contributed by atoms with E-state index < -0.39 is 12.4 Å². The maximum Gasteiger partial charge on any atom is 0.151 e. The van der Waals surface area contributed by atoms with Gasteiger partial charge in [-0.2, -0.15) is 0 Å². The number of unbranched alkanes of at least 4 members (excludes halogenated alkanes) is 1. The van der Waals surface area contributed by atoms with Gasteiger partial charge in [-0.3, -0.25) is 0 Å². The van der Waals surface area contributed by atoms with Crippen molar-refractivity contribution in [2.24, 2.45) is 0 Å². The summed E-state index contributed by atoms with van der Waals surface area (Å²) >= 11 is 0. The molecule has 5 nitrogen and oxygen atoms in total. The Labute approximate surface area is 78.3 Å². The van der Waals surface area contributed by atoms with E-state index in [1.165, 1.54) is 0 Å². The van der Waals surface area contributed by atoms with Crippen molar-refractivity contribution in [2.75, 3.05) is 13.2 Å². The largest absolute Gasteiger partial charge is 0.394 e. The monoisotopic (exact) mass is 196 g/mol. The van der Waals surface area contributed by atoms with Crippen LogP contribution < -0.4 is 0 Å². The number of rotatable bonds is 5. The predicted molar refractivity (Wildman–Crippen MR) is 47.9 cm³/mol. The summed E-state index contributed by atoms with van der Waals surface area (Å²) < 4.78 is 0. The van der Waals surface area contributed by atoms with Crippen LogP contribution in [0.25, 0.3) is 0 Å². The topological polar surface area (TPSA) is 101 Å². The molecule has 13 heavy (non-hydrogen) atoms. The summed E-state index contributed by atoms with van der Waals surface area (Å²) in [5.41, 5.74) is 0. The zero-order chi connectivity index (χ0) is 10.7. The molecule has 0 fully saturated rings. The molecule has 0 bridgehead atoms. The van der Waals surface area contributed by atoms with E-state index in [9.17, 15) is 0 Å². The second-order valence-corrected chi connectivity index (χ2v) is 2.64. The second-order valence-electron chi connectivity index (χ2n) is 2.64. The zero-order valence-electron chi connectivity index (χ0n) is 7.93. The SMILES string of the molecule is CCCCC(O)O.OCC(O)CO. The van der Waals surface area contributed by atoms with Gasteiger partial charge in [-0.05, 0) is 12.8 Å². The van der Waals surface area contributed by atoms with Gasteiger partial charge in [-0.15, -0.1) is 0 Å². The molecular formula is C8H20O5. The number of aliphatic hydroxyl groups excluding tert-OH is 4. The highest BCUT2D eigenvalue weighted by molar-refractivity contribution is 4.44. The molecular weight excluding hydrogens is 176 g/mol. The van der Waals surface area contributed by atoms with Crippen molar-refractivity contribution in [3.05, 3.63) is 0 Å². The summed E-state index contributed by atoms with van der Waals surface area (Å²) in [6.45, 7) is 1.29. The highest BCUT2D eigenvalue weighted by atomic mass is 16.5. The van der Waals surface area contributed by atoms with Crippen molar-refractivity contribution in [1.29, 1.82) is 0 Å². The summed E-state index contributed by atoms with van der Waals surface area (Å²) in [5, 5.41) is 40.5. The minimum atomic E-state index is -1.10. The van der Waals surface area contributed by atoms with Gasteiger partial charge in [-0.1, -0.05) is 13.3 Å². The van der Waals surface area contributed by atoms with Gasteiger partial charge < -0.3 is 25.5 Å². The Hall–Kier alpha value is -0.200. The van der Waals surface area contributed by atoms with E-state index in [2.05, 4.69) is 0 Å². The molecule has 0 aliphatic heterocycles. The molecule has 0 heterocycles. The molecule has 0 amide bonds. The highest BCUT2D eigenvalue weighted by Gasteiger charge is 1.93. The van der Waals surface area contributed by atoms with Crippen molar-refractivity contribution in [3.8, 4) is 0 Å². The molecule has 0 aromatic rings. The number of hydrogen-bond acceptors (Lipinski definition) is 5. The van der Waals surface area contributed by atoms with Gasteiger partial charge >= 0.3 is 0 Å². The first-order chi connectivity index (χ1) is 6.08. The predicted octanol–water partition coefficient (Wildman–Crippen LogP) is -1.18. The standard InChI is InChI=1S/C5H12O2.C3H8O3/c1-2-3-4-5(6)7;4-1-3(6)2-5/h5-7H,2-4H2,1H3;3-6H,1-2H2. The van der Waals surface area contributed by atoms with Crippen LogP contribution in [0.2, 0.25) is 0 Å². The summed E-state index contributed by atoms with van der Waals surface area (Å²) in [6.07, 6.45) is 0.385. The fourth-order valence-corrected chi connectivity index (χ4v) is 0.444. The summed E-state index contributed by atoms with van der Waals surface area (Å²) in [5.74, 6) is 0. The lowest BCUT2D eigenvalue weighted by Crippen LogP contribution is -2.15. The first-order valence-electron chi connectivity index (χ1n) is 4.34. The molecule has 0 aromatic heterocycles. The average Bonchev–Trinajstić information content (AvgIpc) is 2.14. The average molecular weight is 196 g/mol. The van der Waals surface area contributed by atoms with Crippen LogP contribution in [0.5, 0.6) is 0 Å². The van der Waals surface area contributed by atoms with Crippen LogP contribution in [-0.2, 0) is 0 Å². The third-order valence-corrected chi connectivity index (χ3v) is 1.24. The third kappa shape index (κ3) is 18.6. The van der Waals surface area contributed by atoms with Crippen LogP contribution in [-0.4, -0.2) is 51.1 Å². The number of aliphatic hydroxyl groups is 5. The van der Waals surface area contributed by atoms with Crippen molar-refractivity contribution in [2.45, 2.75) is 38.6 Å². The van der Waals surface area contributed by atoms with E-state index in [1.54, 1.807) is 0 Å². The van der Waals surface area contributed by atoms with E-state index in [-0.39, 0.29) is 13.2 Å². The van der Waals surface area contributed by atoms with Crippen molar-refractivity contribution in [1.82, 2.24) is 0 Å². The fourth-order valence-electron chi connectivity index (χ4n) is 0.444. The van der Waals surface area contributed by atoms with E-state index in [0.29, 0.717) is 6.42 Å². The number of hydrogen-bond donors (Lipinski definition) is 5. The van der Waals surface area contributed by atoms with E-state index in [1.807, 2.05) is 6.92 Å². The first kappa shape index (κ1) is 15.3. The molecule has 0 spiro atoms. The molecule has 0 unspecified atom stereocenters. The molecule has 0 atom stereocenters. The Kier molecular flexibility index (Phi) is 13.9. The van der Waals surface area contributed by atoms with Crippen LogP contribution in [0.15, 0.2) is 0 Å². The Bertz CT molecular complexity index is 82.6. The van der Waals surface area contributed by atoms with Gasteiger partial charge in [0.15, 0.2) is 6.29 Å². The minimum absolute atomic E-state index is 0.365. The molecule has 0 radical (unpaired) electrons. The van der Waals surface area contributed by atoms with Crippen LogP contribution in [0.3, 0.4) is 0 Å². The maximum absolute atomic E-state index is 8.24. The lowest BCUT2D eigenvalue weighted by molar-refractivity contribution is -0.0463. The third-order valence-electron chi connectivity index (χ3n) is 1.24. The summed E-state index contributed by atoms with van der Waals surface area (Å²) in [7, 11) is 0. The molecule has 0 aliphatic rings. The molecule has 82 valence electrons. The Balaban J connectivity index is 0. The van der Waals surface area contributed by atoms with Gasteiger partial charge in [0.1, 0.15) is 6.10 Å². The lowest BCUT2D eigenvalue weighted by atomic mass is 10.2. The molecule has 0 saturated carbocycles. The van der Waals surface area contributed by atoms with E-state index >= 15 is 0 Å². The quantitative estimate of drug-likeness (QED) is 0.356. The van der Waals surface area contributed by atoms with Gasteiger partial charge in [0.2, 0.25) is 0 Å². The van der Waals surface area contributed by atoms with Crippen LogP contribution in [0, 0.1) is 0 Å². The summed E-state index contributed by atoms with van der Waals surface area (Å²) in [4.78, 5) is 0. The fraction of sp³-hybridized carbons (Fsp3) is 1.00. The molecule has 0 saturated heterocycles. The van der Waals surface area contributed by atoms with Crippen molar-refractivity contribution in [3.63, 3.8) is 0 Å². The van der Waals surface area contributed by atoms with Crippen molar-refractivity contribution >= 4 is 0 Å². The molecule has 5 heteroatoms. The smallest absolute Gasteiger partial charge is 0.151 e. The van der Waals surface area contributed by atoms with Gasteiger partial charge in [0.25, 0.3) is 0 Å². The Morgan fingerprint density at radius 3 is 1.54 bits per heavy atom. The maximum atomic E-state index is 8.24. The molecule has 0 rings (SSSR count). The summed E-state index contributed by atoms with van der Waals surface area (Å²) in [6, 6.07) is 0. The van der Waals surface area contributed by atoms with Gasteiger partial charge in [0, 0.05) is 0 Å². The van der Waals surface area contributed by atoms with Gasteiger partial charge in [0.05, 0.1) is 13.2 Å². The molecule has 0 aromatic carbocycles. The van der Waals surface area contributed by atoms with Gasteiger partial charge in [-0.25, -0.2) is 0 Å². The normalized spacial score (nSPS) is 10.2. The van der Waals surface area contributed by atoms with E-state index in [4.69, 9.17) is 25.5 Å². The second kappa shape index (κ2) is 11.8. The highest BCUT2D eigenvalue weighted by Crippen LogP contribution is 1.95. The zero-order valence-corrected chi connectivity index (χ0v) is 7.93.